The fourth-order valence-electron chi connectivity index (χ4n) is 3.24. The number of nitrogens with two attached hydrogens (primary N) is 1. The topological polar surface area (TPSA) is 81.3 Å². The number of unbranched alkanes of at least 4 members (excludes halogenated alkanes) is 3. The molecule has 0 atom stereocenters. The van der Waals surface area contributed by atoms with Gasteiger partial charge in [0.05, 0.1) is 23.6 Å². The first-order valence-electron chi connectivity index (χ1n) is 10.3. The zero-order chi connectivity index (χ0) is 21.4. The van der Waals surface area contributed by atoms with E-state index in [1.54, 1.807) is 11.8 Å². The van der Waals surface area contributed by atoms with Crippen molar-refractivity contribution in [2.24, 2.45) is 0 Å². The smallest absolute Gasteiger partial charge is 0.257 e. The van der Waals surface area contributed by atoms with Crippen molar-refractivity contribution in [3.8, 4) is 17.0 Å². The number of halogens is 1. The molecule has 0 aliphatic carbocycles. The van der Waals surface area contributed by atoms with E-state index in [-0.39, 0.29) is 11.9 Å². The first-order chi connectivity index (χ1) is 13.9. The van der Waals surface area contributed by atoms with Crippen LogP contribution in [0.4, 0.5) is 5.95 Å². The summed E-state index contributed by atoms with van der Waals surface area (Å²) in [5.41, 5.74) is 8.24. The maximum atomic E-state index is 13.2. The Hall–Kier alpha value is -2.15. The molecule has 1 heterocycles. The van der Waals surface area contributed by atoms with Gasteiger partial charge in [0.25, 0.3) is 5.91 Å². The molecule has 1 aromatic carbocycles. The number of benzene rings is 1. The molecule has 2 N–H and O–H groups in total. The highest BCUT2D eigenvalue weighted by Gasteiger charge is 2.25. The molecule has 0 aliphatic heterocycles. The molecule has 0 saturated carbocycles. The molecule has 0 fully saturated rings. The Kier molecular flexibility index (Phi) is 8.89. The van der Waals surface area contributed by atoms with Crippen LogP contribution in [0.3, 0.4) is 0 Å². The van der Waals surface area contributed by atoms with E-state index >= 15 is 0 Å². The number of anilines is 1. The van der Waals surface area contributed by atoms with Crippen LogP contribution in [0.1, 0.15) is 62.5 Å². The molecular formula is C22H31BrN4O2. The molecular weight excluding hydrogens is 432 g/mol. The average molecular weight is 463 g/mol. The summed E-state index contributed by atoms with van der Waals surface area (Å²) in [6.07, 6.45) is 4.49. The number of nitrogen functional groups attached to an aromatic ring is 1. The van der Waals surface area contributed by atoms with Crippen LogP contribution in [0.2, 0.25) is 0 Å². The Morgan fingerprint density at radius 3 is 2.52 bits per heavy atom. The molecule has 158 valence electrons. The third-order valence-electron chi connectivity index (χ3n) is 4.82. The summed E-state index contributed by atoms with van der Waals surface area (Å²) in [7, 11) is 0. The highest BCUT2D eigenvalue weighted by molar-refractivity contribution is 9.10. The minimum Gasteiger partial charge on any atom is -0.493 e. The number of aromatic nitrogens is 2. The molecule has 0 aliphatic rings. The van der Waals surface area contributed by atoms with Gasteiger partial charge in [-0.25, -0.2) is 9.97 Å². The van der Waals surface area contributed by atoms with Gasteiger partial charge in [-0.15, -0.1) is 0 Å². The first-order valence-corrected chi connectivity index (χ1v) is 11.1. The van der Waals surface area contributed by atoms with Crippen LogP contribution in [-0.2, 0) is 0 Å². The summed E-state index contributed by atoms with van der Waals surface area (Å²) in [5.74, 6) is 0.731. The number of ether oxygens (including phenoxy) is 1. The predicted octanol–water partition coefficient (Wildman–Crippen LogP) is 5.24. The quantitative estimate of drug-likeness (QED) is 0.488. The number of carbonyl (C=O) groups is 1. The molecule has 1 amide bonds. The highest BCUT2D eigenvalue weighted by atomic mass is 79.9. The lowest BCUT2D eigenvalue weighted by Crippen LogP contribution is -2.32. The molecule has 0 bridgehead atoms. The molecule has 7 heteroatoms. The van der Waals surface area contributed by atoms with E-state index in [1.165, 1.54) is 12.8 Å². The maximum Gasteiger partial charge on any atom is 0.257 e. The van der Waals surface area contributed by atoms with Gasteiger partial charge in [-0.2, -0.15) is 0 Å². The van der Waals surface area contributed by atoms with Crippen molar-refractivity contribution in [1.29, 1.82) is 0 Å². The monoisotopic (exact) mass is 462 g/mol. The largest absolute Gasteiger partial charge is 0.493 e. The zero-order valence-corrected chi connectivity index (χ0v) is 19.4. The van der Waals surface area contributed by atoms with E-state index < -0.39 is 0 Å². The number of hydrogen-bond donors (Lipinski definition) is 1. The third kappa shape index (κ3) is 5.92. The number of rotatable bonds is 10. The molecule has 2 rings (SSSR count). The molecule has 6 nitrogen and oxygen atoms in total. The Labute approximate surface area is 182 Å². The Morgan fingerprint density at radius 2 is 1.86 bits per heavy atom. The predicted molar refractivity (Wildman–Crippen MR) is 121 cm³/mol. The minimum atomic E-state index is -0.101. The second-order valence-corrected chi connectivity index (χ2v) is 7.83. The lowest BCUT2D eigenvalue weighted by Gasteiger charge is -2.22. The van der Waals surface area contributed by atoms with Crippen molar-refractivity contribution in [3.05, 3.63) is 33.9 Å². The summed E-state index contributed by atoms with van der Waals surface area (Å²) in [6.45, 7) is 9.73. The van der Waals surface area contributed by atoms with E-state index in [1.807, 2.05) is 32.0 Å². The van der Waals surface area contributed by atoms with Gasteiger partial charge in [0.1, 0.15) is 5.75 Å². The van der Waals surface area contributed by atoms with Crippen molar-refractivity contribution in [3.63, 3.8) is 0 Å². The van der Waals surface area contributed by atoms with E-state index in [2.05, 4.69) is 32.8 Å². The molecule has 0 spiro atoms. The van der Waals surface area contributed by atoms with Gasteiger partial charge in [0.2, 0.25) is 5.95 Å². The van der Waals surface area contributed by atoms with Gasteiger partial charge in [0, 0.05) is 23.1 Å². The van der Waals surface area contributed by atoms with Gasteiger partial charge < -0.3 is 15.4 Å². The van der Waals surface area contributed by atoms with Crippen molar-refractivity contribution >= 4 is 27.8 Å². The van der Waals surface area contributed by atoms with Crippen LogP contribution >= 0.6 is 15.9 Å². The standard InChI is InChI=1S/C22H31BrN4O2/c1-5-8-9-10-13-29-18-12-11-16(23)14-17(18)20-19(15(4)25-22(24)26-20)21(28)27(6-2)7-3/h11-12,14H,5-10,13H2,1-4H3,(H2,24,25,26). The van der Waals surface area contributed by atoms with Crippen LogP contribution < -0.4 is 10.5 Å². The SMILES string of the molecule is CCCCCCOc1ccc(Br)cc1-c1nc(N)nc(C)c1C(=O)N(CC)CC. The number of carbonyl (C=O) groups excluding carboxylic acids is 1. The number of aryl methyl sites for hydroxylation is 1. The maximum absolute atomic E-state index is 13.2. The molecule has 2 aromatic rings. The van der Waals surface area contributed by atoms with E-state index in [9.17, 15) is 4.79 Å². The summed E-state index contributed by atoms with van der Waals surface area (Å²) >= 11 is 3.53. The first kappa shape index (κ1) is 23.1. The fraction of sp³-hybridized carbons (Fsp3) is 0.500. The third-order valence-corrected chi connectivity index (χ3v) is 5.32. The average Bonchev–Trinajstić information content (AvgIpc) is 2.69. The molecule has 29 heavy (non-hydrogen) atoms. The van der Waals surface area contributed by atoms with Crippen molar-refractivity contribution in [2.75, 3.05) is 25.4 Å². The van der Waals surface area contributed by atoms with E-state index in [4.69, 9.17) is 10.5 Å². The Morgan fingerprint density at radius 1 is 1.14 bits per heavy atom. The van der Waals surface area contributed by atoms with Crippen LogP contribution in [-0.4, -0.2) is 40.5 Å². The summed E-state index contributed by atoms with van der Waals surface area (Å²) in [5, 5.41) is 0. The fourth-order valence-corrected chi connectivity index (χ4v) is 3.60. The van der Waals surface area contributed by atoms with Crippen LogP contribution in [0.25, 0.3) is 11.3 Å². The second-order valence-electron chi connectivity index (χ2n) is 6.92. The molecule has 0 radical (unpaired) electrons. The van der Waals surface area contributed by atoms with Crippen LogP contribution in [0, 0.1) is 6.92 Å². The van der Waals surface area contributed by atoms with Gasteiger partial charge in [-0.3, -0.25) is 4.79 Å². The van der Waals surface area contributed by atoms with Crippen molar-refractivity contribution in [2.45, 2.75) is 53.4 Å². The zero-order valence-electron chi connectivity index (χ0n) is 17.8. The van der Waals surface area contributed by atoms with E-state index in [0.29, 0.717) is 42.4 Å². The lowest BCUT2D eigenvalue weighted by molar-refractivity contribution is 0.0772. The van der Waals surface area contributed by atoms with Gasteiger partial charge in [-0.05, 0) is 45.4 Å². The van der Waals surface area contributed by atoms with Gasteiger partial charge in [0.15, 0.2) is 0 Å². The number of nitrogens with zero attached hydrogens (tertiary/aromatic N) is 3. The molecule has 1 aromatic heterocycles. The van der Waals surface area contributed by atoms with Crippen molar-refractivity contribution in [1.82, 2.24) is 14.9 Å². The minimum absolute atomic E-state index is 0.101. The Bertz CT molecular complexity index is 838. The summed E-state index contributed by atoms with van der Waals surface area (Å²) < 4.78 is 6.95. The van der Waals surface area contributed by atoms with Gasteiger partial charge >= 0.3 is 0 Å². The van der Waals surface area contributed by atoms with Crippen molar-refractivity contribution < 1.29 is 9.53 Å². The number of hydrogen-bond acceptors (Lipinski definition) is 5. The molecule has 0 unspecified atom stereocenters. The van der Waals surface area contributed by atoms with Gasteiger partial charge in [-0.1, -0.05) is 42.1 Å². The number of amides is 1. The highest BCUT2D eigenvalue weighted by Crippen LogP contribution is 2.35. The molecule has 0 saturated heterocycles. The van der Waals surface area contributed by atoms with E-state index in [0.717, 1.165) is 22.9 Å². The second kappa shape index (κ2) is 11.1. The summed E-state index contributed by atoms with van der Waals surface area (Å²) in [6, 6.07) is 5.74. The Balaban J connectivity index is 2.50. The normalized spacial score (nSPS) is 10.8. The van der Waals surface area contributed by atoms with Crippen LogP contribution in [0.5, 0.6) is 5.75 Å². The lowest BCUT2D eigenvalue weighted by atomic mass is 10.0. The summed E-state index contributed by atoms with van der Waals surface area (Å²) in [4.78, 5) is 23.7. The van der Waals surface area contributed by atoms with Crippen LogP contribution in [0.15, 0.2) is 22.7 Å².